The second kappa shape index (κ2) is 5.63. The summed E-state index contributed by atoms with van der Waals surface area (Å²) in [6.45, 7) is -0.964. The Morgan fingerprint density at radius 1 is 1.32 bits per heavy atom. The Hall–Kier alpha value is -0.880. The molecular weight excluding hydrogens is 271 g/mol. The molecule has 9 nitrogen and oxygen atoms in total. The van der Waals surface area contributed by atoms with E-state index in [1.54, 1.807) is 0 Å². The quantitative estimate of drug-likeness (QED) is 0.272. The fourth-order valence-corrected chi connectivity index (χ4v) is 1.71. The van der Waals surface area contributed by atoms with E-state index in [4.69, 9.17) is 15.3 Å². The van der Waals surface area contributed by atoms with Crippen molar-refractivity contribution in [3.8, 4) is 0 Å². The Balaban J connectivity index is 3.04. The molecule has 1 fully saturated rings. The summed E-state index contributed by atoms with van der Waals surface area (Å²) in [5, 5.41) is 64.2. The average Bonchev–Trinajstić information content (AvgIpc) is 2.38. The van der Waals surface area contributed by atoms with Gasteiger partial charge >= 0.3 is 11.8 Å². The molecule has 7 unspecified atom stereocenters. The number of aliphatic hydroxyl groups is 6. The van der Waals surface area contributed by atoms with E-state index in [-0.39, 0.29) is 0 Å². The minimum absolute atomic E-state index is 0.964. The van der Waals surface area contributed by atoms with Crippen LogP contribution in [0.3, 0.4) is 0 Å². The number of rotatable bonds is 4. The predicted octanol–water partition coefficient (Wildman–Crippen LogP) is -4.07. The monoisotopic (exact) mass is 286 g/mol. The molecule has 0 aromatic heterocycles. The molecule has 0 aliphatic carbocycles. The molecule has 1 rings (SSSR count). The van der Waals surface area contributed by atoms with Crippen molar-refractivity contribution < 1.29 is 49.7 Å². The van der Waals surface area contributed by atoms with Crippen LogP contribution in [-0.4, -0.2) is 90.8 Å². The number of carbonyl (C=O) groups is 1. The molecule has 0 spiro atoms. The van der Waals surface area contributed by atoms with Crippen LogP contribution >= 0.6 is 0 Å². The third-order valence-electron chi connectivity index (χ3n) is 2.90. The van der Waals surface area contributed by atoms with Crippen LogP contribution in [0, 0.1) is 0 Å². The zero-order chi connectivity index (χ0) is 15.0. The predicted molar refractivity (Wildman–Crippen MR) is 53.5 cm³/mol. The van der Waals surface area contributed by atoms with Gasteiger partial charge < -0.3 is 40.5 Å². The van der Waals surface area contributed by atoms with Gasteiger partial charge in [-0.1, -0.05) is 0 Å². The highest BCUT2D eigenvalue weighted by molar-refractivity contribution is 5.76. The van der Waals surface area contributed by atoms with Gasteiger partial charge in [0, 0.05) is 0 Å². The zero-order valence-electron chi connectivity index (χ0n) is 9.50. The Morgan fingerprint density at radius 3 is 2.26 bits per heavy atom. The minimum Gasteiger partial charge on any atom is -0.477 e. The van der Waals surface area contributed by atoms with E-state index in [0.717, 1.165) is 0 Å². The average molecular weight is 286 g/mol. The molecule has 0 radical (unpaired) electrons. The number of ether oxygens (including phenoxy) is 1. The lowest BCUT2D eigenvalue weighted by molar-refractivity contribution is -0.337. The molecule has 10 heteroatoms. The van der Waals surface area contributed by atoms with Crippen LogP contribution in [0.15, 0.2) is 0 Å². The molecule has 1 saturated heterocycles. The topological polar surface area (TPSA) is 168 Å². The van der Waals surface area contributed by atoms with E-state index >= 15 is 0 Å². The standard InChI is InChI=1S/C9H15FO9/c10-7-5(15)4(14)6(3(13)2(12)1-11)19-9(7,18)8(16)17/h2-7,11-15,18H,1H2,(H,16,17). The number of hydrogen-bond donors (Lipinski definition) is 7. The molecule has 0 aromatic carbocycles. The van der Waals surface area contributed by atoms with Crippen LogP contribution in [0.1, 0.15) is 0 Å². The fourth-order valence-electron chi connectivity index (χ4n) is 1.71. The van der Waals surface area contributed by atoms with Crippen molar-refractivity contribution in [1.82, 2.24) is 0 Å². The van der Waals surface area contributed by atoms with E-state index in [2.05, 4.69) is 4.74 Å². The maximum absolute atomic E-state index is 13.5. The normalized spacial score (nSPS) is 42.7. The molecule has 0 saturated carbocycles. The van der Waals surface area contributed by atoms with Crippen LogP contribution in [-0.2, 0) is 9.53 Å². The molecule has 0 amide bonds. The van der Waals surface area contributed by atoms with E-state index in [1.165, 1.54) is 0 Å². The highest BCUT2D eigenvalue weighted by Gasteiger charge is 2.60. The number of aliphatic hydroxyl groups excluding tert-OH is 5. The van der Waals surface area contributed by atoms with Crippen LogP contribution in [0.5, 0.6) is 0 Å². The van der Waals surface area contributed by atoms with Crippen molar-refractivity contribution in [1.29, 1.82) is 0 Å². The van der Waals surface area contributed by atoms with Crippen molar-refractivity contribution in [2.24, 2.45) is 0 Å². The number of hydrogen-bond acceptors (Lipinski definition) is 8. The Morgan fingerprint density at radius 2 is 1.84 bits per heavy atom. The molecule has 1 heterocycles. The maximum Gasteiger partial charge on any atom is 0.367 e. The van der Waals surface area contributed by atoms with E-state index in [1.807, 2.05) is 0 Å². The number of carboxylic acids is 1. The lowest BCUT2D eigenvalue weighted by atomic mass is 9.89. The summed E-state index contributed by atoms with van der Waals surface area (Å²) in [5.41, 5.74) is 0. The molecule has 1 aliphatic rings. The van der Waals surface area contributed by atoms with Crippen molar-refractivity contribution in [3.63, 3.8) is 0 Å². The van der Waals surface area contributed by atoms with Gasteiger partial charge in [-0.05, 0) is 0 Å². The third-order valence-corrected chi connectivity index (χ3v) is 2.90. The summed E-state index contributed by atoms with van der Waals surface area (Å²) >= 11 is 0. The Bertz CT molecular complexity index is 336. The molecule has 7 atom stereocenters. The van der Waals surface area contributed by atoms with Gasteiger partial charge in [0.25, 0.3) is 0 Å². The third kappa shape index (κ3) is 2.69. The number of alkyl halides is 1. The first-order valence-electron chi connectivity index (χ1n) is 5.27. The van der Waals surface area contributed by atoms with Gasteiger partial charge in [-0.15, -0.1) is 0 Å². The maximum atomic E-state index is 13.5. The molecule has 0 bridgehead atoms. The van der Waals surface area contributed by atoms with Gasteiger partial charge in [0.15, 0.2) is 6.17 Å². The SMILES string of the molecule is O=C(O)C1(O)OC(C(O)C(O)CO)C(O)C(O)C1F. The van der Waals surface area contributed by atoms with E-state index in [0.29, 0.717) is 0 Å². The first-order valence-corrected chi connectivity index (χ1v) is 5.27. The minimum atomic E-state index is -3.49. The van der Waals surface area contributed by atoms with Crippen LogP contribution in [0.25, 0.3) is 0 Å². The molecule has 0 aromatic rings. The van der Waals surface area contributed by atoms with E-state index in [9.17, 15) is 29.6 Å². The van der Waals surface area contributed by atoms with Crippen molar-refractivity contribution in [2.75, 3.05) is 6.61 Å². The van der Waals surface area contributed by atoms with Gasteiger partial charge in [0.2, 0.25) is 0 Å². The van der Waals surface area contributed by atoms with Gasteiger partial charge in [-0.2, -0.15) is 0 Å². The fraction of sp³-hybridized carbons (Fsp3) is 0.889. The first kappa shape index (κ1) is 16.2. The molecule has 112 valence electrons. The van der Waals surface area contributed by atoms with Crippen molar-refractivity contribution in [2.45, 2.75) is 42.5 Å². The Kier molecular flexibility index (Phi) is 4.79. The van der Waals surface area contributed by atoms with Gasteiger partial charge in [-0.3, -0.25) is 0 Å². The smallest absolute Gasteiger partial charge is 0.367 e. The summed E-state index contributed by atoms with van der Waals surface area (Å²) in [5.74, 6) is -5.67. The highest BCUT2D eigenvalue weighted by Crippen LogP contribution is 2.32. The second-order valence-corrected chi connectivity index (χ2v) is 4.21. The van der Waals surface area contributed by atoms with Gasteiger partial charge in [-0.25, -0.2) is 9.18 Å². The zero-order valence-corrected chi connectivity index (χ0v) is 9.50. The van der Waals surface area contributed by atoms with Crippen molar-refractivity contribution in [3.05, 3.63) is 0 Å². The highest BCUT2D eigenvalue weighted by atomic mass is 19.1. The molecule has 7 N–H and O–H groups in total. The summed E-state index contributed by atoms with van der Waals surface area (Å²) < 4.78 is 17.9. The first-order chi connectivity index (χ1) is 8.66. The lowest BCUT2D eigenvalue weighted by Gasteiger charge is -2.44. The van der Waals surface area contributed by atoms with Crippen molar-refractivity contribution >= 4 is 5.97 Å². The summed E-state index contributed by atoms with van der Waals surface area (Å²) in [4.78, 5) is 10.7. The molecular formula is C9H15FO9. The van der Waals surface area contributed by atoms with Crippen LogP contribution < -0.4 is 0 Å². The summed E-state index contributed by atoms with van der Waals surface area (Å²) in [6.07, 6.45) is -13.2. The van der Waals surface area contributed by atoms with Crippen LogP contribution in [0.2, 0.25) is 0 Å². The number of carboxylic acid groups (broad SMARTS) is 1. The number of aliphatic carboxylic acids is 1. The largest absolute Gasteiger partial charge is 0.477 e. The molecule has 1 aliphatic heterocycles. The van der Waals surface area contributed by atoms with Crippen LogP contribution in [0.4, 0.5) is 4.39 Å². The van der Waals surface area contributed by atoms with E-state index < -0.39 is 55.1 Å². The lowest BCUT2D eigenvalue weighted by Crippen LogP contribution is -2.69. The molecule has 19 heavy (non-hydrogen) atoms. The summed E-state index contributed by atoms with van der Waals surface area (Å²) in [6, 6.07) is 0. The Labute approximate surface area is 106 Å². The van der Waals surface area contributed by atoms with Gasteiger partial charge in [0.05, 0.1) is 6.61 Å². The number of halogens is 1. The second-order valence-electron chi connectivity index (χ2n) is 4.21. The summed E-state index contributed by atoms with van der Waals surface area (Å²) in [7, 11) is 0. The van der Waals surface area contributed by atoms with Gasteiger partial charge in [0.1, 0.15) is 30.5 Å².